The van der Waals surface area contributed by atoms with E-state index in [1.54, 1.807) is 0 Å². The third-order valence-corrected chi connectivity index (χ3v) is 4.61. The lowest BCUT2D eigenvalue weighted by molar-refractivity contribution is -0.139. The zero-order valence-electron chi connectivity index (χ0n) is 12.5. The average molecular weight is 267 g/mol. The van der Waals surface area contributed by atoms with Gasteiger partial charge in [0.15, 0.2) is 0 Å². The van der Waals surface area contributed by atoms with E-state index in [0.29, 0.717) is 5.91 Å². The molecule has 2 saturated heterocycles. The van der Waals surface area contributed by atoms with Crippen LogP contribution < -0.4 is 5.73 Å². The normalized spacial score (nSPS) is 25.5. The second-order valence-electron chi connectivity index (χ2n) is 6.43. The molecule has 0 aromatic heterocycles. The summed E-state index contributed by atoms with van der Waals surface area (Å²) in [7, 11) is 0. The van der Waals surface area contributed by atoms with Gasteiger partial charge in [0.2, 0.25) is 5.91 Å². The predicted octanol–water partition coefficient (Wildman–Crippen LogP) is 1.59. The van der Waals surface area contributed by atoms with Gasteiger partial charge in [-0.3, -0.25) is 9.69 Å². The van der Waals surface area contributed by atoms with Crippen LogP contribution in [0.15, 0.2) is 0 Å². The molecule has 0 bridgehead atoms. The first-order valence-electron chi connectivity index (χ1n) is 7.87. The quantitative estimate of drug-likeness (QED) is 0.841. The largest absolute Gasteiger partial charge is 0.341 e. The van der Waals surface area contributed by atoms with Gasteiger partial charge < -0.3 is 10.6 Å². The number of likely N-dealkylation sites (tertiary alicyclic amines) is 2. The maximum absolute atomic E-state index is 12.5. The molecule has 110 valence electrons. The van der Waals surface area contributed by atoms with Crippen LogP contribution in [-0.2, 0) is 4.79 Å². The Labute approximate surface area is 117 Å². The third-order valence-electron chi connectivity index (χ3n) is 4.61. The van der Waals surface area contributed by atoms with E-state index in [0.717, 1.165) is 51.9 Å². The van der Waals surface area contributed by atoms with Crippen molar-refractivity contribution in [2.24, 2.45) is 5.73 Å². The van der Waals surface area contributed by atoms with E-state index in [2.05, 4.69) is 16.7 Å². The fourth-order valence-corrected chi connectivity index (χ4v) is 3.40. The summed E-state index contributed by atoms with van der Waals surface area (Å²) in [5.74, 6) is 0.306. The minimum absolute atomic E-state index is 0.00614. The van der Waals surface area contributed by atoms with Crippen molar-refractivity contribution >= 4 is 5.91 Å². The first-order chi connectivity index (χ1) is 9.06. The highest BCUT2D eigenvalue weighted by Gasteiger charge is 2.43. The van der Waals surface area contributed by atoms with Crippen molar-refractivity contribution in [3.05, 3.63) is 0 Å². The number of amides is 1. The summed E-state index contributed by atoms with van der Waals surface area (Å²) >= 11 is 0. The Morgan fingerprint density at radius 1 is 1.21 bits per heavy atom. The van der Waals surface area contributed by atoms with Crippen LogP contribution in [-0.4, -0.2) is 53.5 Å². The summed E-state index contributed by atoms with van der Waals surface area (Å²) in [5, 5.41) is 0. The number of rotatable bonds is 4. The van der Waals surface area contributed by atoms with E-state index in [9.17, 15) is 4.79 Å². The van der Waals surface area contributed by atoms with Gasteiger partial charge in [0, 0.05) is 31.7 Å². The van der Waals surface area contributed by atoms with Crippen LogP contribution in [0.25, 0.3) is 0 Å². The highest BCUT2D eigenvalue weighted by Crippen LogP contribution is 2.26. The number of carbonyl (C=O) groups is 1. The first kappa shape index (κ1) is 14.8. The third kappa shape index (κ3) is 3.48. The Hall–Kier alpha value is -0.610. The Morgan fingerprint density at radius 3 is 2.32 bits per heavy atom. The van der Waals surface area contributed by atoms with Gasteiger partial charge in [0.05, 0.1) is 6.04 Å². The van der Waals surface area contributed by atoms with Gasteiger partial charge >= 0.3 is 0 Å². The molecule has 0 radical (unpaired) electrons. The molecular weight excluding hydrogens is 238 g/mol. The molecule has 1 amide bonds. The van der Waals surface area contributed by atoms with Gasteiger partial charge in [-0.05, 0) is 26.2 Å². The van der Waals surface area contributed by atoms with E-state index >= 15 is 0 Å². The van der Waals surface area contributed by atoms with Gasteiger partial charge in [-0.2, -0.15) is 0 Å². The molecule has 0 spiro atoms. The van der Waals surface area contributed by atoms with Crippen LogP contribution in [0, 0.1) is 0 Å². The number of nitrogens with zero attached hydrogens (tertiary/aromatic N) is 2. The van der Waals surface area contributed by atoms with Crippen molar-refractivity contribution in [2.45, 2.75) is 64.0 Å². The fraction of sp³-hybridized carbons (Fsp3) is 0.933. The van der Waals surface area contributed by atoms with Crippen LogP contribution in [0.2, 0.25) is 0 Å². The fourth-order valence-electron chi connectivity index (χ4n) is 3.40. The number of carbonyl (C=O) groups excluding carboxylic acids is 1. The molecule has 0 aliphatic carbocycles. The van der Waals surface area contributed by atoms with Crippen LogP contribution in [0.3, 0.4) is 0 Å². The molecule has 2 N–H and O–H groups in total. The minimum atomic E-state index is -0.0396. The van der Waals surface area contributed by atoms with E-state index in [-0.39, 0.29) is 11.6 Å². The van der Waals surface area contributed by atoms with Gasteiger partial charge in [-0.1, -0.05) is 26.2 Å². The predicted molar refractivity (Wildman–Crippen MR) is 77.9 cm³/mol. The van der Waals surface area contributed by atoms with Crippen LogP contribution in [0.4, 0.5) is 0 Å². The summed E-state index contributed by atoms with van der Waals surface area (Å²) < 4.78 is 0. The molecule has 4 nitrogen and oxygen atoms in total. The molecule has 0 aromatic carbocycles. The van der Waals surface area contributed by atoms with E-state index < -0.39 is 0 Å². The van der Waals surface area contributed by atoms with Crippen LogP contribution in [0.5, 0.6) is 0 Å². The summed E-state index contributed by atoms with van der Waals surface area (Å²) in [6.45, 7) is 7.85. The molecule has 2 heterocycles. The molecule has 1 unspecified atom stereocenters. The monoisotopic (exact) mass is 267 g/mol. The zero-order chi connectivity index (χ0) is 13.9. The summed E-state index contributed by atoms with van der Waals surface area (Å²) in [6, 6.07) is 0.00614. The van der Waals surface area contributed by atoms with Crippen molar-refractivity contribution in [1.29, 1.82) is 0 Å². The molecular formula is C15H29N3O. The molecule has 1 atom stereocenters. The van der Waals surface area contributed by atoms with Crippen LogP contribution in [0.1, 0.15) is 52.4 Å². The lowest BCUT2D eigenvalue weighted by Gasteiger charge is -2.50. The molecule has 0 saturated carbocycles. The number of hydrogen-bond acceptors (Lipinski definition) is 3. The molecule has 2 aliphatic heterocycles. The van der Waals surface area contributed by atoms with Crippen molar-refractivity contribution in [2.75, 3.05) is 26.2 Å². The highest BCUT2D eigenvalue weighted by molar-refractivity contribution is 5.81. The van der Waals surface area contributed by atoms with Gasteiger partial charge in [-0.25, -0.2) is 0 Å². The Morgan fingerprint density at radius 2 is 1.79 bits per heavy atom. The maximum atomic E-state index is 12.5. The van der Waals surface area contributed by atoms with Crippen molar-refractivity contribution in [1.82, 2.24) is 9.80 Å². The summed E-state index contributed by atoms with van der Waals surface area (Å²) in [5.41, 5.74) is 6.24. The van der Waals surface area contributed by atoms with Gasteiger partial charge in [-0.15, -0.1) is 0 Å². The summed E-state index contributed by atoms with van der Waals surface area (Å²) in [6.07, 6.45) is 7.05. The minimum Gasteiger partial charge on any atom is -0.341 e. The van der Waals surface area contributed by atoms with Crippen LogP contribution >= 0.6 is 0 Å². The second kappa shape index (κ2) is 6.23. The van der Waals surface area contributed by atoms with Gasteiger partial charge in [0.1, 0.15) is 0 Å². The van der Waals surface area contributed by atoms with Crippen molar-refractivity contribution < 1.29 is 4.79 Å². The maximum Gasteiger partial charge on any atom is 0.239 e. The average Bonchev–Trinajstić information content (AvgIpc) is 2.63. The SMILES string of the molecule is CCCC1(N)CN(C(C)C(=O)N2CCCCCC2)C1. The van der Waals surface area contributed by atoms with E-state index in [1.165, 1.54) is 12.8 Å². The molecule has 0 aromatic rings. The summed E-state index contributed by atoms with van der Waals surface area (Å²) in [4.78, 5) is 16.8. The first-order valence-corrected chi connectivity index (χ1v) is 7.87. The van der Waals surface area contributed by atoms with Crippen molar-refractivity contribution in [3.8, 4) is 0 Å². The van der Waals surface area contributed by atoms with Gasteiger partial charge in [0.25, 0.3) is 0 Å². The molecule has 2 aliphatic rings. The highest BCUT2D eigenvalue weighted by atomic mass is 16.2. The Balaban J connectivity index is 1.83. The lowest BCUT2D eigenvalue weighted by Crippen LogP contribution is -2.70. The smallest absolute Gasteiger partial charge is 0.239 e. The molecule has 19 heavy (non-hydrogen) atoms. The lowest BCUT2D eigenvalue weighted by atomic mass is 9.85. The standard InChI is InChI=1S/C15H29N3O/c1-3-8-15(16)11-18(12-15)13(2)14(19)17-9-6-4-5-7-10-17/h13H,3-12,16H2,1-2H3. The number of hydrogen-bond donors (Lipinski definition) is 1. The van der Waals surface area contributed by atoms with E-state index in [1.807, 2.05) is 6.92 Å². The Bertz CT molecular complexity index is 305. The molecule has 2 rings (SSSR count). The van der Waals surface area contributed by atoms with Crippen molar-refractivity contribution in [3.63, 3.8) is 0 Å². The topological polar surface area (TPSA) is 49.6 Å². The molecule has 2 fully saturated rings. The molecule has 4 heteroatoms. The second-order valence-corrected chi connectivity index (χ2v) is 6.43. The zero-order valence-corrected chi connectivity index (χ0v) is 12.5. The van der Waals surface area contributed by atoms with E-state index in [4.69, 9.17) is 5.73 Å². The Kier molecular flexibility index (Phi) is 4.85. The number of nitrogens with two attached hydrogens (primary N) is 1.